The molecule has 0 fully saturated rings. The molecule has 136 valence electrons. The predicted molar refractivity (Wildman–Crippen MR) is 105 cm³/mol. The van der Waals surface area contributed by atoms with Gasteiger partial charge in [-0.05, 0) is 37.6 Å². The van der Waals surface area contributed by atoms with Crippen LogP contribution in [0, 0.1) is 0 Å². The Morgan fingerprint density at radius 2 is 1.85 bits per heavy atom. The molecule has 0 bridgehead atoms. The lowest BCUT2D eigenvalue weighted by atomic mass is 10.3. The number of fused-ring (bicyclic) bond motifs is 1. The van der Waals surface area contributed by atoms with E-state index >= 15 is 0 Å². The lowest BCUT2D eigenvalue weighted by molar-refractivity contribution is 0.613. The van der Waals surface area contributed by atoms with E-state index in [4.69, 9.17) is 0 Å². The summed E-state index contributed by atoms with van der Waals surface area (Å²) in [5, 5.41) is 6.57. The summed E-state index contributed by atoms with van der Waals surface area (Å²) in [7, 11) is 0. The number of anilines is 3. The van der Waals surface area contributed by atoms with Gasteiger partial charge in [-0.3, -0.25) is 9.97 Å². The Morgan fingerprint density at radius 1 is 1.04 bits per heavy atom. The highest BCUT2D eigenvalue weighted by Gasteiger charge is 2.15. The maximum Gasteiger partial charge on any atom is 0.231 e. The molecule has 4 rings (SSSR count). The van der Waals surface area contributed by atoms with Crippen LogP contribution in [0.2, 0.25) is 0 Å². The summed E-state index contributed by atoms with van der Waals surface area (Å²) in [6.07, 6.45) is 8.84. The molecule has 0 spiro atoms. The lowest BCUT2D eigenvalue weighted by Crippen LogP contribution is -2.07. The Labute approximate surface area is 156 Å². The molecule has 0 atom stereocenters. The van der Waals surface area contributed by atoms with Crippen molar-refractivity contribution in [1.82, 2.24) is 29.5 Å². The van der Waals surface area contributed by atoms with Crippen molar-refractivity contribution in [1.29, 1.82) is 0 Å². The second kappa shape index (κ2) is 7.36. The first-order chi connectivity index (χ1) is 13.2. The van der Waals surface area contributed by atoms with E-state index in [0.717, 1.165) is 22.4 Å². The molecule has 8 heteroatoms. The molecule has 27 heavy (non-hydrogen) atoms. The third-order valence-electron chi connectivity index (χ3n) is 4.08. The highest BCUT2D eigenvalue weighted by atomic mass is 15.2. The third kappa shape index (κ3) is 3.69. The minimum atomic E-state index is 0.238. The second-order valence-corrected chi connectivity index (χ2v) is 6.40. The normalized spacial score (nSPS) is 11.1. The van der Waals surface area contributed by atoms with Crippen molar-refractivity contribution in [3.05, 3.63) is 60.9 Å². The third-order valence-corrected chi connectivity index (χ3v) is 4.08. The number of nitrogens with one attached hydrogen (secondary N) is 2. The molecule has 4 aromatic heterocycles. The molecule has 0 amide bonds. The Kier molecular flexibility index (Phi) is 4.61. The minimum absolute atomic E-state index is 0.238. The van der Waals surface area contributed by atoms with Crippen LogP contribution in [0.25, 0.3) is 11.2 Å². The van der Waals surface area contributed by atoms with Crippen molar-refractivity contribution in [3.8, 4) is 0 Å². The molecule has 4 heterocycles. The maximum absolute atomic E-state index is 4.67. The van der Waals surface area contributed by atoms with E-state index < -0.39 is 0 Å². The number of aromatic nitrogens is 6. The molecule has 0 aliphatic rings. The summed E-state index contributed by atoms with van der Waals surface area (Å²) in [4.78, 5) is 22.1. The molecule has 0 aliphatic heterocycles. The van der Waals surface area contributed by atoms with Gasteiger partial charge in [0.05, 0.1) is 18.2 Å². The van der Waals surface area contributed by atoms with Crippen LogP contribution in [0.15, 0.2) is 55.4 Å². The zero-order valence-electron chi connectivity index (χ0n) is 15.2. The van der Waals surface area contributed by atoms with Crippen LogP contribution < -0.4 is 10.6 Å². The van der Waals surface area contributed by atoms with Gasteiger partial charge in [-0.25, -0.2) is 4.98 Å². The highest BCUT2D eigenvalue weighted by Crippen LogP contribution is 2.25. The number of pyridine rings is 2. The minimum Gasteiger partial charge on any atom is -0.364 e. The van der Waals surface area contributed by atoms with Gasteiger partial charge in [0.1, 0.15) is 0 Å². The van der Waals surface area contributed by atoms with Crippen molar-refractivity contribution in [3.63, 3.8) is 0 Å². The van der Waals surface area contributed by atoms with E-state index in [1.807, 2.05) is 35.0 Å². The standard InChI is InChI=1S/C19H20N8/c1-13(2)27-12-23-16-17(22-10-14-5-3-7-20-9-14)25-19(26-18(16)27)24-15-6-4-8-21-11-15/h3-9,11-13H,10H2,1-2H3,(H2,22,24,25,26). The van der Waals surface area contributed by atoms with Crippen LogP contribution in [-0.4, -0.2) is 29.5 Å². The first-order valence-corrected chi connectivity index (χ1v) is 8.75. The number of imidazole rings is 1. The molecule has 0 saturated carbocycles. The summed E-state index contributed by atoms with van der Waals surface area (Å²) in [6.45, 7) is 4.79. The Balaban J connectivity index is 1.71. The summed E-state index contributed by atoms with van der Waals surface area (Å²) in [5.41, 5.74) is 3.41. The molecule has 4 aromatic rings. The fourth-order valence-electron chi connectivity index (χ4n) is 2.73. The van der Waals surface area contributed by atoms with Crippen molar-refractivity contribution in [2.45, 2.75) is 26.4 Å². The highest BCUT2D eigenvalue weighted by molar-refractivity contribution is 5.84. The van der Waals surface area contributed by atoms with Crippen molar-refractivity contribution in [2.24, 2.45) is 0 Å². The van der Waals surface area contributed by atoms with Crippen LogP contribution in [0.5, 0.6) is 0 Å². The van der Waals surface area contributed by atoms with Gasteiger partial charge < -0.3 is 15.2 Å². The zero-order valence-corrected chi connectivity index (χ0v) is 15.2. The van der Waals surface area contributed by atoms with Gasteiger partial charge in [0, 0.05) is 31.2 Å². The van der Waals surface area contributed by atoms with Gasteiger partial charge >= 0.3 is 0 Å². The fourth-order valence-corrected chi connectivity index (χ4v) is 2.73. The number of hydrogen-bond acceptors (Lipinski definition) is 7. The predicted octanol–water partition coefficient (Wildman–Crippen LogP) is 3.55. The average Bonchev–Trinajstić information content (AvgIpc) is 3.12. The number of nitrogens with zero attached hydrogens (tertiary/aromatic N) is 6. The van der Waals surface area contributed by atoms with Crippen molar-refractivity contribution < 1.29 is 0 Å². The quantitative estimate of drug-likeness (QED) is 0.543. The summed E-state index contributed by atoms with van der Waals surface area (Å²) < 4.78 is 2.03. The molecule has 0 unspecified atom stereocenters. The lowest BCUT2D eigenvalue weighted by Gasteiger charge is -2.12. The summed E-state index contributed by atoms with van der Waals surface area (Å²) in [6, 6.07) is 7.95. The van der Waals surface area contributed by atoms with Gasteiger partial charge in [-0.15, -0.1) is 0 Å². The van der Waals surface area contributed by atoms with E-state index in [0.29, 0.717) is 18.3 Å². The number of hydrogen-bond donors (Lipinski definition) is 2. The van der Waals surface area contributed by atoms with E-state index in [2.05, 4.69) is 49.4 Å². The van der Waals surface area contributed by atoms with Crippen molar-refractivity contribution in [2.75, 3.05) is 10.6 Å². The van der Waals surface area contributed by atoms with Crippen LogP contribution >= 0.6 is 0 Å². The molecule has 0 radical (unpaired) electrons. The second-order valence-electron chi connectivity index (χ2n) is 6.40. The van der Waals surface area contributed by atoms with E-state index in [9.17, 15) is 0 Å². The molecule has 0 aliphatic carbocycles. The fraction of sp³-hybridized carbons (Fsp3) is 0.211. The van der Waals surface area contributed by atoms with E-state index in [1.54, 1.807) is 24.9 Å². The molecule has 8 nitrogen and oxygen atoms in total. The van der Waals surface area contributed by atoms with Gasteiger partial charge in [0.25, 0.3) is 0 Å². The van der Waals surface area contributed by atoms with Gasteiger partial charge in [0.15, 0.2) is 17.0 Å². The summed E-state index contributed by atoms with van der Waals surface area (Å²) in [5.74, 6) is 1.17. The zero-order chi connectivity index (χ0) is 18.6. The van der Waals surface area contributed by atoms with Crippen LogP contribution in [-0.2, 0) is 6.54 Å². The Bertz CT molecular complexity index is 1030. The van der Waals surface area contributed by atoms with Crippen LogP contribution in [0.3, 0.4) is 0 Å². The Morgan fingerprint density at radius 3 is 2.56 bits per heavy atom. The molecular formula is C19H20N8. The van der Waals surface area contributed by atoms with E-state index in [1.165, 1.54) is 0 Å². The van der Waals surface area contributed by atoms with Crippen LogP contribution in [0.1, 0.15) is 25.5 Å². The van der Waals surface area contributed by atoms with Gasteiger partial charge in [0.2, 0.25) is 5.95 Å². The number of rotatable bonds is 6. The van der Waals surface area contributed by atoms with Crippen molar-refractivity contribution >= 4 is 28.6 Å². The first-order valence-electron chi connectivity index (χ1n) is 8.75. The smallest absolute Gasteiger partial charge is 0.231 e. The molecule has 0 saturated heterocycles. The summed E-state index contributed by atoms with van der Waals surface area (Å²) >= 11 is 0. The first kappa shape index (κ1) is 16.9. The van der Waals surface area contributed by atoms with E-state index in [-0.39, 0.29) is 6.04 Å². The largest absolute Gasteiger partial charge is 0.364 e. The van der Waals surface area contributed by atoms with Crippen LogP contribution in [0.4, 0.5) is 17.5 Å². The maximum atomic E-state index is 4.67. The molecular weight excluding hydrogens is 340 g/mol. The van der Waals surface area contributed by atoms with Gasteiger partial charge in [-0.2, -0.15) is 9.97 Å². The average molecular weight is 360 g/mol. The monoisotopic (exact) mass is 360 g/mol. The Hall–Kier alpha value is -3.55. The molecule has 0 aromatic carbocycles. The van der Waals surface area contributed by atoms with Gasteiger partial charge in [-0.1, -0.05) is 6.07 Å². The molecule has 2 N–H and O–H groups in total. The topological polar surface area (TPSA) is 93.4 Å². The SMILES string of the molecule is CC(C)n1cnc2c(NCc3cccnc3)nc(Nc3cccnc3)nc21.